The number of aryl methyl sites for hydroxylation is 1. The molecule has 0 bridgehead atoms. The molecule has 1 saturated heterocycles. The van der Waals surface area contributed by atoms with Crippen LogP contribution >= 0.6 is 0 Å². The fourth-order valence-electron chi connectivity index (χ4n) is 6.70. The Bertz CT molecular complexity index is 2130. The van der Waals surface area contributed by atoms with Gasteiger partial charge >= 0.3 is 0 Å². The van der Waals surface area contributed by atoms with Crippen molar-refractivity contribution in [2.45, 2.75) is 51.5 Å². The zero-order valence-electron chi connectivity index (χ0n) is 29.9. The van der Waals surface area contributed by atoms with Crippen LogP contribution in [0.2, 0.25) is 0 Å². The molecule has 4 radical (unpaired) electrons. The second-order valence-corrected chi connectivity index (χ2v) is 13.5. The minimum absolute atomic E-state index is 0.000894. The standard InChI is InChI=1S/C34H35B2N11O2.C2H6/c1-19-13-29-40-28(41-32(48)20-11-12-20)14-30(47(29)42-19)39-24-8-5-7-22-23-15-37-46(26(23)18-44(4)31(22)24)21-16-45(17-21)34(35,36)27-10-6-9-25(38-27)33(49)43(2)3;1-2/h5-10,13-15,20-21,39H,11-12,16-18H2,1-4H3,(H,40,41,48);1-2H3. The number of fused-ring (bicyclic) bond motifs is 4. The summed E-state index contributed by atoms with van der Waals surface area (Å²) in [6.45, 7) is 7.71. The van der Waals surface area contributed by atoms with Crippen molar-refractivity contribution in [1.82, 2.24) is 39.2 Å². The van der Waals surface area contributed by atoms with Crippen molar-refractivity contribution < 1.29 is 9.59 Å². The van der Waals surface area contributed by atoms with Crippen LogP contribution in [-0.2, 0) is 16.7 Å². The number of anilines is 4. The molecule has 3 aliphatic rings. The lowest BCUT2D eigenvalue weighted by molar-refractivity contribution is -0.117. The van der Waals surface area contributed by atoms with Gasteiger partial charge in [0.05, 0.1) is 57.2 Å². The van der Waals surface area contributed by atoms with Crippen molar-refractivity contribution in [2.75, 3.05) is 49.8 Å². The van der Waals surface area contributed by atoms with E-state index in [1.807, 2.05) is 56.1 Å². The second kappa shape index (κ2) is 13.2. The Morgan fingerprint density at radius 3 is 2.47 bits per heavy atom. The maximum atomic E-state index is 12.6. The Kier molecular flexibility index (Phi) is 8.86. The summed E-state index contributed by atoms with van der Waals surface area (Å²) < 4.78 is 3.84. The van der Waals surface area contributed by atoms with Gasteiger partial charge in [0.2, 0.25) is 5.91 Å². The van der Waals surface area contributed by atoms with Gasteiger partial charge in [-0.05, 0) is 43.3 Å². The van der Waals surface area contributed by atoms with Crippen molar-refractivity contribution in [1.29, 1.82) is 0 Å². The highest BCUT2D eigenvalue weighted by Crippen LogP contribution is 2.45. The first-order valence-corrected chi connectivity index (χ1v) is 17.4. The number of para-hydroxylation sites is 1. The first kappa shape index (κ1) is 34.3. The average molecular weight is 681 g/mol. The van der Waals surface area contributed by atoms with Gasteiger partial charge in [0, 0.05) is 69.1 Å². The van der Waals surface area contributed by atoms with E-state index in [9.17, 15) is 9.59 Å². The highest BCUT2D eigenvalue weighted by atomic mass is 16.2. The molecule has 258 valence electrons. The molecule has 13 nitrogen and oxygen atoms in total. The maximum Gasteiger partial charge on any atom is 0.271 e. The Hall–Kier alpha value is -5.17. The van der Waals surface area contributed by atoms with Crippen molar-refractivity contribution in [3.8, 4) is 11.1 Å². The van der Waals surface area contributed by atoms with Crippen molar-refractivity contribution in [2.24, 2.45) is 5.92 Å². The van der Waals surface area contributed by atoms with E-state index in [1.54, 1.807) is 36.8 Å². The average Bonchev–Trinajstić information content (AvgIpc) is 3.77. The molecule has 8 rings (SSSR count). The molecule has 51 heavy (non-hydrogen) atoms. The Balaban J connectivity index is 0.00000200. The summed E-state index contributed by atoms with van der Waals surface area (Å²) in [6, 6.07) is 15.1. The van der Waals surface area contributed by atoms with E-state index in [-0.39, 0.29) is 23.8 Å². The number of aromatic nitrogens is 6. The van der Waals surface area contributed by atoms with Crippen LogP contribution in [0.5, 0.6) is 0 Å². The summed E-state index contributed by atoms with van der Waals surface area (Å²) in [6.07, 6.45) is 3.76. The van der Waals surface area contributed by atoms with E-state index < -0.39 is 5.34 Å². The number of likely N-dealkylation sites (tertiary alicyclic amines) is 1. The summed E-state index contributed by atoms with van der Waals surface area (Å²) in [5.74, 6) is 1.04. The zero-order chi connectivity index (χ0) is 36.2. The predicted molar refractivity (Wildman–Crippen MR) is 200 cm³/mol. The number of amides is 2. The van der Waals surface area contributed by atoms with E-state index in [1.165, 1.54) is 4.90 Å². The summed E-state index contributed by atoms with van der Waals surface area (Å²) in [4.78, 5) is 39.8. The van der Waals surface area contributed by atoms with Crippen molar-refractivity contribution >= 4 is 56.2 Å². The molecule has 0 unspecified atom stereocenters. The molecule has 0 spiro atoms. The van der Waals surface area contributed by atoms with Gasteiger partial charge in [-0.25, -0.2) is 9.97 Å². The number of nitrogens with one attached hydrogen (secondary N) is 2. The summed E-state index contributed by atoms with van der Waals surface area (Å²) in [5, 5.41) is 14.7. The molecular formula is C36H41B2N11O2. The molecule has 2 N–H and O–H groups in total. The van der Waals surface area contributed by atoms with Crippen LogP contribution < -0.4 is 15.5 Å². The van der Waals surface area contributed by atoms with Crippen LogP contribution in [0.15, 0.2) is 54.7 Å². The van der Waals surface area contributed by atoms with E-state index in [2.05, 4.69) is 48.4 Å². The lowest BCUT2D eigenvalue weighted by Gasteiger charge is -2.50. The number of carbonyl (C=O) groups is 2. The fraction of sp³-hybridized carbons (Fsp3) is 0.389. The van der Waals surface area contributed by atoms with E-state index in [0.29, 0.717) is 48.3 Å². The molecule has 0 atom stereocenters. The van der Waals surface area contributed by atoms with Gasteiger partial charge in [-0.1, -0.05) is 32.0 Å². The molecule has 1 saturated carbocycles. The van der Waals surface area contributed by atoms with Crippen LogP contribution in [0.3, 0.4) is 0 Å². The van der Waals surface area contributed by atoms with Crippen LogP contribution in [0.1, 0.15) is 60.3 Å². The smallest absolute Gasteiger partial charge is 0.271 e. The third kappa shape index (κ3) is 6.24. The summed E-state index contributed by atoms with van der Waals surface area (Å²) in [7, 11) is 18.7. The second-order valence-electron chi connectivity index (χ2n) is 13.5. The van der Waals surface area contributed by atoms with Crippen LogP contribution in [0.25, 0.3) is 16.8 Å². The lowest BCUT2D eigenvalue weighted by Crippen LogP contribution is -2.60. The molecule has 4 aromatic heterocycles. The molecule has 1 aromatic carbocycles. The Labute approximate surface area is 300 Å². The minimum atomic E-state index is -1.34. The van der Waals surface area contributed by atoms with Gasteiger partial charge in [0.25, 0.3) is 5.91 Å². The highest BCUT2D eigenvalue weighted by Gasteiger charge is 2.41. The number of pyridine rings is 1. The predicted octanol–water partition coefficient (Wildman–Crippen LogP) is 4.07. The number of hydrogen-bond donors (Lipinski definition) is 2. The topological polar surface area (TPSA) is 129 Å². The lowest BCUT2D eigenvalue weighted by atomic mass is 9.57. The van der Waals surface area contributed by atoms with Gasteiger partial charge in [0.1, 0.15) is 17.3 Å². The molecule has 2 fully saturated rings. The van der Waals surface area contributed by atoms with Crippen LogP contribution in [0, 0.1) is 12.8 Å². The third-order valence-electron chi connectivity index (χ3n) is 9.52. The monoisotopic (exact) mass is 681 g/mol. The quantitative estimate of drug-likeness (QED) is 0.233. The van der Waals surface area contributed by atoms with E-state index in [4.69, 9.17) is 20.8 Å². The summed E-state index contributed by atoms with van der Waals surface area (Å²) >= 11 is 0. The maximum absolute atomic E-state index is 12.6. The zero-order valence-corrected chi connectivity index (χ0v) is 29.9. The normalized spacial score (nSPS) is 15.7. The first-order chi connectivity index (χ1) is 24.5. The number of rotatable bonds is 8. The number of benzene rings is 1. The number of hydrogen-bond acceptors (Lipinski definition) is 9. The molecule has 2 amide bonds. The first-order valence-electron chi connectivity index (χ1n) is 17.4. The molecule has 1 aliphatic carbocycles. The molecule has 5 aromatic rings. The van der Waals surface area contributed by atoms with Gasteiger partial charge in [0.15, 0.2) is 5.65 Å². The minimum Gasteiger partial charge on any atom is -0.366 e. The van der Waals surface area contributed by atoms with Gasteiger partial charge in [-0.2, -0.15) is 14.7 Å². The van der Waals surface area contributed by atoms with Gasteiger partial charge < -0.3 is 25.3 Å². The Morgan fingerprint density at radius 2 is 1.75 bits per heavy atom. The van der Waals surface area contributed by atoms with Crippen LogP contribution in [-0.4, -0.2) is 101 Å². The van der Waals surface area contributed by atoms with Crippen molar-refractivity contribution in [3.05, 3.63) is 77.5 Å². The highest BCUT2D eigenvalue weighted by molar-refractivity contribution is 6.39. The molecule has 15 heteroatoms. The van der Waals surface area contributed by atoms with E-state index in [0.717, 1.165) is 46.7 Å². The Morgan fingerprint density at radius 1 is 1.00 bits per heavy atom. The van der Waals surface area contributed by atoms with E-state index >= 15 is 0 Å². The number of carbonyl (C=O) groups excluding carboxylic acids is 2. The molecule has 6 heterocycles. The van der Waals surface area contributed by atoms with Gasteiger partial charge in [-0.3, -0.25) is 14.3 Å². The third-order valence-corrected chi connectivity index (χ3v) is 9.52. The SMILES string of the molecule is CC.[B]C([B])(c1cccc(C(=O)N(C)C)n1)N1CC(n2ncc3c2CN(C)c2c(Nc4cc(NC(=O)C5CC5)nc5cc(C)nn45)cccc2-3)C1. The van der Waals surface area contributed by atoms with Crippen LogP contribution in [0.4, 0.5) is 23.0 Å². The summed E-state index contributed by atoms with van der Waals surface area (Å²) in [5.41, 5.74) is 7.35. The molecular weight excluding hydrogens is 640 g/mol. The van der Waals surface area contributed by atoms with Gasteiger partial charge in [-0.15, -0.1) is 0 Å². The van der Waals surface area contributed by atoms with Crippen molar-refractivity contribution in [3.63, 3.8) is 0 Å². The largest absolute Gasteiger partial charge is 0.366 e. The number of nitrogens with zero attached hydrogens (tertiary/aromatic N) is 9. The fourth-order valence-corrected chi connectivity index (χ4v) is 6.70. The molecule has 2 aliphatic heterocycles.